The van der Waals surface area contributed by atoms with Crippen LogP contribution in [0.25, 0.3) is 0 Å². The van der Waals surface area contributed by atoms with Crippen LogP contribution in [0.5, 0.6) is 11.5 Å². The third kappa shape index (κ3) is 7.05. The van der Waals surface area contributed by atoms with E-state index in [1.54, 1.807) is 14.2 Å². The van der Waals surface area contributed by atoms with E-state index in [1.165, 1.54) is 5.56 Å². The molecule has 174 valence electrons. The van der Waals surface area contributed by atoms with E-state index >= 15 is 0 Å². The molecule has 1 fully saturated rings. The largest absolute Gasteiger partial charge is 0.497 e. The number of rotatable bonds is 9. The van der Waals surface area contributed by atoms with Crippen molar-refractivity contribution in [2.24, 2.45) is 4.99 Å². The fraction of sp³-hybridized carbons (Fsp3) is 0.480. The first-order valence-corrected chi connectivity index (χ1v) is 11.3. The first-order chi connectivity index (χ1) is 15.6. The van der Waals surface area contributed by atoms with Gasteiger partial charge in [-0.25, -0.2) is 0 Å². The summed E-state index contributed by atoms with van der Waals surface area (Å²) in [6.07, 6.45) is 2.10. The van der Waals surface area contributed by atoms with Gasteiger partial charge < -0.3 is 29.9 Å². The molecule has 0 atom stereocenters. The van der Waals surface area contributed by atoms with Gasteiger partial charge in [0, 0.05) is 69.7 Å². The van der Waals surface area contributed by atoms with Gasteiger partial charge in [0.15, 0.2) is 5.96 Å². The van der Waals surface area contributed by atoms with Crippen LogP contribution in [0.3, 0.4) is 0 Å². The summed E-state index contributed by atoms with van der Waals surface area (Å²) in [4.78, 5) is 9.12. The van der Waals surface area contributed by atoms with E-state index in [9.17, 15) is 0 Å². The van der Waals surface area contributed by atoms with E-state index in [1.807, 2.05) is 13.1 Å². The number of benzene rings is 2. The summed E-state index contributed by atoms with van der Waals surface area (Å²) >= 11 is 0. The summed E-state index contributed by atoms with van der Waals surface area (Å²) in [7, 11) is 7.36. The molecule has 32 heavy (non-hydrogen) atoms. The summed E-state index contributed by atoms with van der Waals surface area (Å²) in [6, 6.07) is 17.0. The first kappa shape index (κ1) is 23.7. The van der Waals surface area contributed by atoms with E-state index in [-0.39, 0.29) is 0 Å². The minimum atomic E-state index is 0.409. The number of nitrogens with one attached hydrogen (secondary N) is 2. The Morgan fingerprint density at radius 2 is 1.72 bits per heavy atom. The van der Waals surface area contributed by atoms with Gasteiger partial charge in [0.25, 0.3) is 0 Å². The van der Waals surface area contributed by atoms with E-state index in [0.717, 1.165) is 68.7 Å². The van der Waals surface area contributed by atoms with Crippen molar-refractivity contribution in [1.29, 1.82) is 0 Å². The molecule has 1 saturated heterocycles. The number of hydrogen-bond donors (Lipinski definition) is 2. The highest BCUT2D eigenvalue weighted by atomic mass is 16.5. The summed E-state index contributed by atoms with van der Waals surface area (Å²) in [5.41, 5.74) is 2.47. The van der Waals surface area contributed by atoms with E-state index in [2.05, 4.69) is 74.9 Å². The van der Waals surface area contributed by atoms with Gasteiger partial charge in [-0.1, -0.05) is 30.3 Å². The zero-order valence-corrected chi connectivity index (χ0v) is 19.8. The van der Waals surface area contributed by atoms with Crippen LogP contribution in [0.15, 0.2) is 53.5 Å². The Morgan fingerprint density at radius 1 is 1.06 bits per heavy atom. The highest BCUT2D eigenvalue weighted by Gasteiger charge is 2.21. The number of piperidine rings is 1. The number of guanidine groups is 1. The normalized spacial score (nSPS) is 15.0. The maximum Gasteiger partial charge on any atom is 0.191 e. The van der Waals surface area contributed by atoms with Crippen LogP contribution >= 0.6 is 0 Å². The molecule has 0 amide bonds. The molecule has 7 nitrogen and oxygen atoms in total. The van der Waals surface area contributed by atoms with E-state index in [4.69, 9.17) is 9.47 Å². The SMILES string of the molecule is CN=C(NCCN(C)Cc1ccccc1)NC1CCN(c2cc(OC)cc(OC)c2)CC1. The Kier molecular flexibility index (Phi) is 9.04. The highest BCUT2D eigenvalue weighted by Crippen LogP contribution is 2.30. The van der Waals surface area contributed by atoms with Crippen molar-refractivity contribution in [3.63, 3.8) is 0 Å². The van der Waals surface area contributed by atoms with Crippen molar-refractivity contribution in [2.45, 2.75) is 25.4 Å². The molecular formula is C25H37N5O2. The lowest BCUT2D eigenvalue weighted by atomic mass is 10.0. The third-order valence-electron chi connectivity index (χ3n) is 5.84. The second-order valence-electron chi connectivity index (χ2n) is 8.20. The summed E-state index contributed by atoms with van der Waals surface area (Å²) < 4.78 is 10.8. The molecule has 2 aromatic carbocycles. The molecule has 1 heterocycles. The molecule has 2 N–H and O–H groups in total. The molecule has 3 rings (SSSR count). The number of methoxy groups -OCH3 is 2. The van der Waals surface area contributed by atoms with Crippen LogP contribution in [0, 0.1) is 0 Å². The molecule has 0 aliphatic carbocycles. The lowest BCUT2D eigenvalue weighted by Gasteiger charge is -2.35. The van der Waals surface area contributed by atoms with Gasteiger partial charge >= 0.3 is 0 Å². The molecule has 7 heteroatoms. The molecular weight excluding hydrogens is 402 g/mol. The molecule has 2 aromatic rings. The van der Waals surface area contributed by atoms with Crippen LogP contribution in [-0.2, 0) is 6.54 Å². The molecule has 1 aliphatic rings. The molecule has 1 aliphatic heterocycles. The Labute approximate surface area is 192 Å². The van der Waals surface area contributed by atoms with Crippen molar-refractivity contribution >= 4 is 11.6 Å². The Morgan fingerprint density at radius 3 is 2.31 bits per heavy atom. The van der Waals surface area contributed by atoms with Crippen LogP contribution in [0.2, 0.25) is 0 Å². The van der Waals surface area contributed by atoms with Crippen LogP contribution in [0.1, 0.15) is 18.4 Å². The van der Waals surface area contributed by atoms with E-state index < -0.39 is 0 Å². The van der Waals surface area contributed by atoms with Crippen molar-refractivity contribution in [2.75, 3.05) is 59.4 Å². The molecule has 0 unspecified atom stereocenters. The predicted molar refractivity (Wildman–Crippen MR) is 132 cm³/mol. The third-order valence-corrected chi connectivity index (χ3v) is 5.84. The summed E-state index contributed by atoms with van der Waals surface area (Å²) in [6.45, 7) is 4.70. The van der Waals surface area contributed by atoms with Crippen molar-refractivity contribution < 1.29 is 9.47 Å². The Balaban J connectivity index is 1.41. The lowest BCUT2D eigenvalue weighted by Crippen LogP contribution is -2.49. The number of likely N-dealkylation sites (N-methyl/N-ethyl adjacent to an activating group) is 1. The number of ether oxygens (including phenoxy) is 2. The second-order valence-corrected chi connectivity index (χ2v) is 8.20. The van der Waals surface area contributed by atoms with Gasteiger partial charge in [-0.15, -0.1) is 0 Å². The summed E-state index contributed by atoms with van der Waals surface area (Å²) in [5.74, 6) is 2.52. The zero-order valence-electron chi connectivity index (χ0n) is 19.8. The fourth-order valence-corrected chi connectivity index (χ4v) is 3.98. The number of nitrogens with zero attached hydrogens (tertiary/aromatic N) is 3. The van der Waals surface area contributed by atoms with Gasteiger partial charge in [-0.2, -0.15) is 0 Å². The quantitative estimate of drug-likeness (QED) is 0.463. The monoisotopic (exact) mass is 439 g/mol. The zero-order chi connectivity index (χ0) is 22.8. The second kappa shape index (κ2) is 12.2. The predicted octanol–water partition coefficient (Wildman–Crippen LogP) is 2.97. The van der Waals surface area contributed by atoms with E-state index in [0.29, 0.717) is 6.04 Å². The summed E-state index contributed by atoms with van der Waals surface area (Å²) in [5, 5.41) is 7.05. The number of anilines is 1. The average molecular weight is 440 g/mol. The first-order valence-electron chi connectivity index (χ1n) is 11.3. The minimum Gasteiger partial charge on any atom is -0.497 e. The lowest BCUT2D eigenvalue weighted by molar-refractivity contribution is 0.330. The van der Waals surface area contributed by atoms with Crippen LogP contribution in [-0.4, -0.2) is 71.4 Å². The fourth-order valence-electron chi connectivity index (χ4n) is 3.98. The number of hydrogen-bond acceptors (Lipinski definition) is 5. The standard InChI is InChI=1S/C25H37N5O2/c1-26-25(27-12-15-29(2)19-20-8-6-5-7-9-20)28-21-10-13-30(14-11-21)22-16-23(31-3)18-24(17-22)32-4/h5-9,16-18,21H,10-15,19H2,1-4H3,(H2,26,27,28). The van der Waals surface area contributed by atoms with Gasteiger partial charge in [-0.05, 0) is 25.5 Å². The van der Waals surface area contributed by atoms with Crippen LogP contribution < -0.4 is 25.0 Å². The molecule has 0 radical (unpaired) electrons. The maximum absolute atomic E-state index is 5.42. The van der Waals surface area contributed by atoms with Gasteiger partial charge in [0.05, 0.1) is 14.2 Å². The molecule has 0 aromatic heterocycles. The van der Waals surface area contributed by atoms with Crippen molar-refractivity contribution in [1.82, 2.24) is 15.5 Å². The smallest absolute Gasteiger partial charge is 0.191 e. The van der Waals surface area contributed by atoms with Gasteiger partial charge in [-0.3, -0.25) is 4.99 Å². The maximum atomic E-state index is 5.42. The topological polar surface area (TPSA) is 61.4 Å². The Bertz CT molecular complexity index is 828. The number of aliphatic imine (C=N–C) groups is 1. The van der Waals surface area contributed by atoms with Gasteiger partial charge in [0.2, 0.25) is 0 Å². The average Bonchev–Trinajstić information content (AvgIpc) is 2.84. The van der Waals surface area contributed by atoms with Crippen molar-refractivity contribution in [3.05, 3.63) is 54.1 Å². The van der Waals surface area contributed by atoms with Gasteiger partial charge in [0.1, 0.15) is 11.5 Å². The minimum absolute atomic E-state index is 0.409. The van der Waals surface area contributed by atoms with Crippen LogP contribution in [0.4, 0.5) is 5.69 Å². The highest BCUT2D eigenvalue weighted by molar-refractivity contribution is 5.80. The molecule has 0 spiro atoms. The molecule has 0 saturated carbocycles. The van der Waals surface area contributed by atoms with Crippen molar-refractivity contribution in [3.8, 4) is 11.5 Å². The Hall–Kier alpha value is -2.93. The molecule has 0 bridgehead atoms.